The van der Waals surface area contributed by atoms with Crippen molar-refractivity contribution in [1.82, 2.24) is 4.98 Å². The van der Waals surface area contributed by atoms with Crippen LogP contribution >= 0.6 is 24.0 Å². The van der Waals surface area contributed by atoms with E-state index in [0.717, 1.165) is 11.4 Å². The highest BCUT2D eigenvalue weighted by atomic mass is 32.2. The number of carbonyl (C=O) groups excluding carboxylic acids is 1. The van der Waals surface area contributed by atoms with Crippen LogP contribution in [0.5, 0.6) is 0 Å². The number of hydrogen-bond acceptors (Lipinski definition) is 4. The minimum atomic E-state index is -0.100. The summed E-state index contributed by atoms with van der Waals surface area (Å²) in [7, 11) is 0. The zero-order valence-electron chi connectivity index (χ0n) is 10.4. The van der Waals surface area contributed by atoms with E-state index in [0.29, 0.717) is 9.23 Å². The fraction of sp³-hybridized carbons (Fsp3) is 0. The van der Waals surface area contributed by atoms with Gasteiger partial charge in [0, 0.05) is 6.20 Å². The fourth-order valence-electron chi connectivity index (χ4n) is 1.86. The largest absolute Gasteiger partial charge is 0.270 e. The molecule has 0 atom stereocenters. The topological polar surface area (TPSA) is 33.2 Å². The molecule has 2 heterocycles. The van der Waals surface area contributed by atoms with Gasteiger partial charge in [-0.2, -0.15) is 0 Å². The van der Waals surface area contributed by atoms with E-state index in [4.69, 9.17) is 12.2 Å². The second kappa shape index (κ2) is 5.56. The van der Waals surface area contributed by atoms with Gasteiger partial charge in [0.05, 0.1) is 16.3 Å². The van der Waals surface area contributed by atoms with Crippen LogP contribution in [0.2, 0.25) is 0 Å². The van der Waals surface area contributed by atoms with Gasteiger partial charge in [0.15, 0.2) is 4.32 Å². The van der Waals surface area contributed by atoms with E-state index in [1.807, 2.05) is 48.5 Å². The van der Waals surface area contributed by atoms with Crippen molar-refractivity contribution in [2.75, 3.05) is 4.90 Å². The molecule has 1 aliphatic rings. The molecule has 98 valence electrons. The Kier molecular flexibility index (Phi) is 3.62. The second-order valence-corrected chi connectivity index (χ2v) is 5.78. The number of benzene rings is 1. The summed E-state index contributed by atoms with van der Waals surface area (Å²) < 4.78 is 0.545. The molecule has 1 fully saturated rings. The third-order valence-electron chi connectivity index (χ3n) is 2.77. The Labute approximate surface area is 126 Å². The third kappa shape index (κ3) is 2.50. The summed E-state index contributed by atoms with van der Waals surface area (Å²) in [6.45, 7) is 0. The van der Waals surface area contributed by atoms with Crippen LogP contribution in [0.1, 0.15) is 5.69 Å². The number of para-hydroxylation sites is 1. The van der Waals surface area contributed by atoms with Crippen LogP contribution in [0.3, 0.4) is 0 Å². The summed E-state index contributed by atoms with van der Waals surface area (Å²) in [5.74, 6) is -0.100. The monoisotopic (exact) mass is 298 g/mol. The number of carbonyl (C=O) groups is 1. The maximum Gasteiger partial charge on any atom is 0.270 e. The number of rotatable bonds is 2. The van der Waals surface area contributed by atoms with Crippen molar-refractivity contribution in [3.8, 4) is 0 Å². The minimum Gasteiger partial charge on any atom is -0.268 e. The SMILES string of the molecule is O=C1C(=Cc2ccccn2)SC(=S)N1c1ccccc1. The van der Waals surface area contributed by atoms with Gasteiger partial charge in [-0.05, 0) is 30.3 Å². The first-order valence-electron chi connectivity index (χ1n) is 6.00. The number of thioether (sulfide) groups is 1. The molecule has 1 aromatic heterocycles. The molecule has 0 radical (unpaired) electrons. The van der Waals surface area contributed by atoms with Gasteiger partial charge in [-0.15, -0.1) is 0 Å². The smallest absolute Gasteiger partial charge is 0.268 e. The molecule has 0 aliphatic carbocycles. The number of anilines is 1. The number of pyridine rings is 1. The fourth-order valence-corrected chi connectivity index (χ4v) is 3.15. The number of aromatic nitrogens is 1. The lowest BCUT2D eigenvalue weighted by Gasteiger charge is -2.13. The average molecular weight is 298 g/mol. The van der Waals surface area contributed by atoms with Crippen LogP contribution in [0.25, 0.3) is 6.08 Å². The summed E-state index contributed by atoms with van der Waals surface area (Å²) in [5, 5.41) is 0. The Hall–Kier alpha value is -1.98. The van der Waals surface area contributed by atoms with Gasteiger partial charge in [0.25, 0.3) is 5.91 Å². The van der Waals surface area contributed by atoms with Crippen LogP contribution in [-0.2, 0) is 4.79 Å². The molecular weight excluding hydrogens is 288 g/mol. The molecule has 3 rings (SSSR count). The van der Waals surface area contributed by atoms with Crippen molar-refractivity contribution >= 4 is 46.0 Å². The second-order valence-electron chi connectivity index (χ2n) is 4.11. The molecule has 20 heavy (non-hydrogen) atoms. The first kappa shape index (κ1) is 13.0. The van der Waals surface area contributed by atoms with Crippen molar-refractivity contribution in [3.05, 3.63) is 65.3 Å². The van der Waals surface area contributed by atoms with E-state index >= 15 is 0 Å². The van der Waals surface area contributed by atoms with E-state index in [2.05, 4.69) is 4.98 Å². The standard InChI is InChI=1S/C15H10N2OS2/c18-14-13(10-11-6-4-5-9-16-11)20-15(19)17(14)12-7-2-1-3-8-12/h1-10H. The summed E-state index contributed by atoms with van der Waals surface area (Å²) >= 11 is 6.60. The van der Waals surface area contributed by atoms with Crippen molar-refractivity contribution in [2.24, 2.45) is 0 Å². The predicted molar refractivity (Wildman–Crippen MR) is 86.3 cm³/mol. The zero-order valence-corrected chi connectivity index (χ0v) is 12.0. The number of nitrogens with zero attached hydrogens (tertiary/aromatic N) is 2. The van der Waals surface area contributed by atoms with Crippen molar-refractivity contribution in [3.63, 3.8) is 0 Å². The molecular formula is C15H10N2OS2. The van der Waals surface area contributed by atoms with Gasteiger partial charge in [0.1, 0.15) is 0 Å². The molecule has 2 aromatic rings. The lowest BCUT2D eigenvalue weighted by molar-refractivity contribution is -0.113. The Morgan fingerprint density at radius 3 is 2.55 bits per heavy atom. The quantitative estimate of drug-likeness (QED) is 0.628. The Balaban J connectivity index is 1.93. The van der Waals surface area contributed by atoms with Crippen LogP contribution in [-0.4, -0.2) is 15.2 Å². The molecule has 5 heteroatoms. The molecule has 1 aromatic carbocycles. The Morgan fingerprint density at radius 2 is 1.85 bits per heavy atom. The van der Waals surface area contributed by atoms with Gasteiger partial charge < -0.3 is 0 Å². The van der Waals surface area contributed by atoms with E-state index in [9.17, 15) is 4.79 Å². The first-order chi connectivity index (χ1) is 9.75. The Bertz CT molecular complexity index is 684. The molecule has 1 saturated heterocycles. The lowest BCUT2D eigenvalue weighted by Crippen LogP contribution is -2.27. The molecule has 0 bridgehead atoms. The molecule has 0 N–H and O–H groups in total. The molecule has 0 saturated carbocycles. The van der Waals surface area contributed by atoms with E-state index < -0.39 is 0 Å². The van der Waals surface area contributed by atoms with E-state index in [1.54, 1.807) is 17.2 Å². The normalized spacial score (nSPS) is 17.0. The van der Waals surface area contributed by atoms with Crippen LogP contribution in [0.15, 0.2) is 59.6 Å². The van der Waals surface area contributed by atoms with Crippen LogP contribution in [0.4, 0.5) is 5.69 Å². The van der Waals surface area contributed by atoms with E-state index in [1.165, 1.54) is 11.8 Å². The van der Waals surface area contributed by atoms with Gasteiger partial charge >= 0.3 is 0 Å². The third-order valence-corrected chi connectivity index (χ3v) is 4.08. The highest BCUT2D eigenvalue weighted by molar-refractivity contribution is 8.27. The van der Waals surface area contributed by atoms with Gasteiger partial charge in [-0.3, -0.25) is 14.7 Å². The molecule has 1 aliphatic heterocycles. The predicted octanol–water partition coefficient (Wildman–Crippen LogP) is 3.49. The number of thiocarbonyl (C=S) groups is 1. The molecule has 0 spiro atoms. The first-order valence-corrected chi connectivity index (χ1v) is 7.22. The number of hydrogen-bond donors (Lipinski definition) is 0. The summed E-state index contributed by atoms with van der Waals surface area (Å²) in [5.41, 5.74) is 1.54. The van der Waals surface area contributed by atoms with E-state index in [-0.39, 0.29) is 5.91 Å². The van der Waals surface area contributed by atoms with Crippen molar-refractivity contribution in [1.29, 1.82) is 0 Å². The zero-order chi connectivity index (χ0) is 13.9. The lowest BCUT2D eigenvalue weighted by atomic mass is 10.2. The molecule has 1 amide bonds. The summed E-state index contributed by atoms with van der Waals surface area (Å²) in [4.78, 5) is 18.8. The summed E-state index contributed by atoms with van der Waals surface area (Å²) in [6.07, 6.45) is 3.46. The molecule has 3 nitrogen and oxygen atoms in total. The Morgan fingerprint density at radius 1 is 1.10 bits per heavy atom. The highest BCUT2D eigenvalue weighted by Crippen LogP contribution is 2.35. The molecule has 0 unspecified atom stereocenters. The maximum atomic E-state index is 12.4. The maximum absolute atomic E-state index is 12.4. The van der Waals surface area contributed by atoms with Crippen LogP contribution < -0.4 is 4.90 Å². The highest BCUT2D eigenvalue weighted by Gasteiger charge is 2.33. The number of amides is 1. The van der Waals surface area contributed by atoms with Crippen LogP contribution in [0, 0.1) is 0 Å². The van der Waals surface area contributed by atoms with Gasteiger partial charge in [0.2, 0.25) is 0 Å². The van der Waals surface area contributed by atoms with Crippen molar-refractivity contribution in [2.45, 2.75) is 0 Å². The average Bonchev–Trinajstić information content (AvgIpc) is 2.75. The minimum absolute atomic E-state index is 0.100. The van der Waals surface area contributed by atoms with Crippen molar-refractivity contribution < 1.29 is 4.79 Å². The van der Waals surface area contributed by atoms with Gasteiger partial charge in [-0.25, -0.2) is 0 Å². The summed E-state index contributed by atoms with van der Waals surface area (Å²) in [6, 6.07) is 15.0. The van der Waals surface area contributed by atoms with Gasteiger partial charge in [-0.1, -0.05) is 48.2 Å².